The summed E-state index contributed by atoms with van der Waals surface area (Å²) in [6.45, 7) is 4.59. The van der Waals surface area contributed by atoms with E-state index in [1.807, 2.05) is 0 Å². The van der Waals surface area contributed by atoms with Crippen LogP contribution in [0, 0.1) is 5.92 Å². The van der Waals surface area contributed by atoms with Crippen LogP contribution in [-0.4, -0.2) is 11.0 Å². The molecule has 1 heteroatoms. The Morgan fingerprint density at radius 3 is 2.25 bits per heavy atom. The van der Waals surface area contributed by atoms with Gasteiger partial charge in [0.05, 0.1) is 0 Å². The van der Waals surface area contributed by atoms with Crippen LogP contribution < -0.4 is 0 Å². The number of thioether (sulfide) groups is 1. The highest BCUT2D eigenvalue weighted by atomic mass is 32.2. The van der Waals surface area contributed by atoms with Crippen LogP contribution in [0.1, 0.15) is 26.7 Å². The summed E-state index contributed by atoms with van der Waals surface area (Å²) in [7, 11) is 0. The molecule has 2 atom stereocenters. The number of rotatable bonds is 2. The van der Waals surface area contributed by atoms with Crippen LogP contribution in [-0.2, 0) is 0 Å². The Labute approximate surface area is 56.0 Å². The van der Waals surface area contributed by atoms with Crippen molar-refractivity contribution in [2.75, 3.05) is 5.75 Å². The van der Waals surface area contributed by atoms with E-state index in [4.69, 9.17) is 0 Å². The third-order valence-electron chi connectivity index (χ3n) is 1.98. The predicted octanol–water partition coefficient (Wildman–Crippen LogP) is 2.54. The maximum Gasteiger partial charge on any atom is 0.00805 e. The lowest BCUT2D eigenvalue weighted by Gasteiger charge is -2.34. The zero-order chi connectivity index (χ0) is 5.98. The van der Waals surface area contributed by atoms with Gasteiger partial charge >= 0.3 is 0 Å². The summed E-state index contributed by atoms with van der Waals surface area (Å²) in [5.74, 6) is 2.49. The molecule has 8 heavy (non-hydrogen) atoms. The molecule has 2 unspecified atom stereocenters. The Kier molecular flexibility index (Phi) is 2.24. The van der Waals surface area contributed by atoms with E-state index in [-0.39, 0.29) is 0 Å². The molecule has 1 heterocycles. The van der Waals surface area contributed by atoms with Crippen LogP contribution >= 0.6 is 11.8 Å². The molecule has 1 rings (SSSR count). The van der Waals surface area contributed by atoms with Crippen molar-refractivity contribution in [1.82, 2.24) is 0 Å². The van der Waals surface area contributed by atoms with Gasteiger partial charge in [0.1, 0.15) is 0 Å². The predicted molar refractivity (Wildman–Crippen MR) is 40.3 cm³/mol. The maximum atomic E-state index is 2.30. The summed E-state index contributed by atoms with van der Waals surface area (Å²) < 4.78 is 0. The molecule has 0 bridgehead atoms. The Balaban J connectivity index is 2.16. The molecule has 0 nitrogen and oxygen atoms in total. The lowest BCUT2D eigenvalue weighted by atomic mass is 10.0. The van der Waals surface area contributed by atoms with E-state index in [0.29, 0.717) is 0 Å². The summed E-state index contributed by atoms with van der Waals surface area (Å²) >= 11 is 2.14. The molecule has 0 aromatic rings. The zero-order valence-corrected chi connectivity index (χ0v) is 6.50. The Morgan fingerprint density at radius 1 is 1.38 bits per heavy atom. The highest BCUT2D eigenvalue weighted by Crippen LogP contribution is 2.38. The fraction of sp³-hybridized carbons (Fsp3) is 1.00. The molecule has 0 amide bonds. The summed E-state index contributed by atoms with van der Waals surface area (Å²) in [5.41, 5.74) is 0. The Hall–Kier alpha value is 0.350. The molecule has 0 aromatic carbocycles. The zero-order valence-electron chi connectivity index (χ0n) is 5.68. The molecule has 0 aromatic heterocycles. The smallest absolute Gasteiger partial charge is 0.00805 e. The van der Waals surface area contributed by atoms with E-state index < -0.39 is 0 Å². The minimum atomic E-state index is 1.01. The lowest BCUT2D eigenvalue weighted by molar-refractivity contribution is 0.498. The summed E-state index contributed by atoms with van der Waals surface area (Å²) in [6, 6.07) is 0. The SMILES string of the molecule is CCC1CSC1CC. The van der Waals surface area contributed by atoms with Gasteiger partial charge in [0, 0.05) is 5.25 Å². The molecule has 1 aliphatic rings. The normalized spacial score (nSPS) is 36.8. The minimum absolute atomic E-state index is 1.01. The van der Waals surface area contributed by atoms with E-state index in [2.05, 4.69) is 25.6 Å². The van der Waals surface area contributed by atoms with Crippen LogP contribution in [0.2, 0.25) is 0 Å². The highest BCUT2D eigenvalue weighted by Gasteiger charge is 2.27. The lowest BCUT2D eigenvalue weighted by Crippen LogP contribution is -2.28. The van der Waals surface area contributed by atoms with Crippen molar-refractivity contribution in [2.45, 2.75) is 31.9 Å². The third-order valence-corrected chi connectivity index (χ3v) is 3.74. The average Bonchev–Trinajstić information content (AvgIpc) is 1.66. The van der Waals surface area contributed by atoms with Crippen molar-refractivity contribution < 1.29 is 0 Å². The topological polar surface area (TPSA) is 0 Å². The fourth-order valence-electron chi connectivity index (χ4n) is 1.20. The number of hydrogen-bond acceptors (Lipinski definition) is 1. The van der Waals surface area contributed by atoms with Crippen LogP contribution in [0.3, 0.4) is 0 Å². The molecule has 1 aliphatic heterocycles. The van der Waals surface area contributed by atoms with E-state index in [9.17, 15) is 0 Å². The van der Waals surface area contributed by atoms with Gasteiger partial charge in [0.15, 0.2) is 0 Å². The van der Waals surface area contributed by atoms with Crippen molar-refractivity contribution in [3.63, 3.8) is 0 Å². The first-order valence-electron chi connectivity index (χ1n) is 3.50. The second-order valence-electron chi connectivity index (χ2n) is 2.45. The summed E-state index contributed by atoms with van der Waals surface area (Å²) in [4.78, 5) is 0. The van der Waals surface area contributed by atoms with Gasteiger partial charge in [0.25, 0.3) is 0 Å². The highest BCUT2D eigenvalue weighted by molar-refractivity contribution is 8.01. The monoisotopic (exact) mass is 130 g/mol. The molecule has 48 valence electrons. The molecule has 1 fully saturated rings. The first-order chi connectivity index (χ1) is 3.88. The quantitative estimate of drug-likeness (QED) is 0.553. The van der Waals surface area contributed by atoms with Crippen LogP contribution in [0.25, 0.3) is 0 Å². The van der Waals surface area contributed by atoms with Gasteiger partial charge in [-0.2, -0.15) is 11.8 Å². The van der Waals surface area contributed by atoms with Gasteiger partial charge in [0.2, 0.25) is 0 Å². The van der Waals surface area contributed by atoms with Crippen molar-refractivity contribution in [3.8, 4) is 0 Å². The second kappa shape index (κ2) is 2.77. The van der Waals surface area contributed by atoms with E-state index in [1.165, 1.54) is 18.6 Å². The molecule has 0 saturated carbocycles. The van der Waals surface area contributed by atoms with Gasteiger partial charge in [-0.1, -0.05) is 20.3 Å². The Morgan fingerprint density at radius 2 is 2.12 bits per heavy atom. The van der Waals surface area contributed by atoms with Crippen molar-refractivity contribution >= 4 is 11.8 Å². The van der Waals surface area contributed by atoms with E-state index in [0.717, 1.165) is 11.2 Å². The van der Waals surface area contributed by atoms with Crippen molar-refractivity contribution in [2.24, 2.45) is 5.92 Å². The van der Waals surface area contributed by atoms with Crippen LogP contribution in [0.15, 0.2) is 0 Å². The molecule has 0 aliphatic carbocycles. The second-order valence-corrected chi connectivity index (χ2v) is 3.72. The molecule has 1 saturated heterocycles. The van der Waals surface area contributed by atoms with Gasteiger partial charge < -0.3 is 0 Å². The third kappa shape index (κ3) is 1.02. The molecule has 0 spiro atoms. The standard InChI is InChI=1S/C7H14S/c1-3-6-5-8-7(6)4-2/h6-7H,3-5H2,1-2H3. The first-order valence-corrected chi connectivity index (χ1v) is 4.55. The van der Waals surface area contributed by atoms with Gasteiger partial charge in [-0.25, -0.2) is 0 Å². The minimum Gasteiger partial charge on any atom is -0.158 e. The maximum absolute atomic E-state index is 2.30. The average molecular weight is 130 g/mol. The van der Waals surface area contributed by atoms with Gasteiger partial charge in [-0.3, -0.25) is 0 Å². The Bertz CT molecular complexity index is 56.8. The van der Waals surface area contributed by atoms with Crippen molar-refractivity contribution in [1.29, 1.82) is 0 Å². The number of hydrogen-bond donors (Lipinski definition) is 0. The van der Waals surface area contributed by atoms with E-state index in [1.54, 1.807) is 0 Å². The molecular formula is C7H14S. The van der Waals surface area contributed by atoms with Crippen LogP contribution in [0.4, 0.5) is 0 Å². The molecular weight excluding hydrogens is 116 g/mol. The molecule has 0 N–H and O–H groups in total. The van der Waals surface area contributed by atoms with Crippen molar-refractivity contribution in [3.05, 3.63) is 0 Å². The largest absolute Gasteiger partial charge is 0.158 e. The van der Waals surface area contributed by atoms with Gasteiger partial charge in [-0.15, -0.1) is 0 Å². The van der Waals surface area contributed by atoms with Gasteiger partial charge in [-0.05, 0) is 18.1 Å². The van der Waals surface area contributed by atoms with Crippen LogP contribution in [0.5, 0.6) is 0 Å². The van der Waals surface area contributed by atoms with E-state index >= 15 is 0 Å². The summed E-state index contributed by atoms with van der Waals surface area (Å²) in [5, 5.41) is 1.01. The first kappa shape index (κ1) is 6.47. The fourth-order valence-corrected chi connectivity index (χ4v) is 2.60. The molecule has 0 radical (unpaired) electrons. The summed E-state index contributed by atoms with van der Waals surface area (Å²) in [6.07, 6.45) is 2.77.